The van der Waals surface area contributed by atoms with Crippen LogP contribution in [0, 0.1) is 0 Å². The van der Waals surface area contributed by atoms with Crippen LogP contribution in [0.2, 0.25) is 0 Å². The summed E-state index contributed by atoms with van der Waals surface area (Å²) in [5.74, 6) is 1.53. The molecule has 1 aliphatic rings. The van der Waals surface area contributed by atoms with E-state index >= 15 is 0 Å². The average molecular weight is 405 g/mol. The van der Waals surface area contributed by atoms with Gasteiger partial charge in [-0.15, -0.1) is 0 Å². The van der Waals surface area contributed by atoms with Gasteiger partial charge in [-0.05, 0) is 42.3 Å². The summed E-state index contributed by atoms with van der Waals surface area (Å²) in [4.78, 5) is 2.54. The zero-order chi connectivity index (χ0) is 17.6. The van der Waals surface area contributed by atoms with Gasteiger partial charge in [-0.25, -0.2) is 0 Å². The summed E-state index contributed by atoms with van der Waals surface area (Å²) in [6.45, 7) is 4.16. The molecule has 0 aromatic heterocycles. The molecule has 4 nitrogen and oxygen atoms in total. The van der Waals surface area contributed by atoms with Gasteiger partial charge in [0, 0.05) is 24.1 Å². The number of rotatable bonds is 5. The van der Waals surface area contributed by atoms with Gasteiger partial charge < -0.3 is 14.8 Å². The van der Waals surface area contributed by atoms with Crippen molar-refractivity contribution in [2.24, 2.45) is 0 Å². The number of halogens is 1. The standard InChI is InChI=1S/C20H25BrN2O2/c1-24-18-9-8-15(14-19(18)25-2)20(16-6-3-4-7-17(16)21)23-12-5-10-22-11-13-23/h3-4,6-9,14,20,22H,5,10-13H2,1-2H3. The molecule has 1 atom stereocenters. The van der Waals surface area contributed by atoms with E-state index < -0.39 is 0 Å². The molecule has 0 radical (unpaired) electrons. The first kappa shape index (κ1) is 18.2. The maximum absolute atomic E-state index is 5.54. The van der Waals surface area contributed by atoms with E-state index in [0.29, 0.717) is 0 Å². The van der Waals surface area contributed by atoms with Crippen LogP contribution in [0.1, 0.15) is 23.6 Å². The third-order valence-corrected chi connectivity index (χ3v) is 5.39. The zero-order valence-corrected chi connectivity index (χ0v) is 16.4. The Morgan fingerprint density at radius 2 is 1.80 bits per heavy atom. The average Bonchev–Trinajstić information content (AvgIpc) is 2.92. The first-order valence-corrected chi connectivity index (χ1v) is 9.45. The molecule has 0 amide bonds. The van der Waals surface area contributed by atoms with E-state index in [1.54, 1.807) is 14.2 Å². The zero-order valence-electron chi connectivity index (χ0n) is 14.8. The molecule has 1 saturated heterocycles. The molecular weight excluding hydrogens is 380 g/mol. The van der Waals surface area contributed by atoms with E-state index in [2.05, 4.69) is 62.5 Å². The van der Waals surface area contributed by atoms with Crippen LogP contribution in [0.3, 0.4) is 0 Å². The molecule has 2 aromatic carbocycles. The molecule has 5 heteroatoms. The summed E-state index contributed by atoms with van der Waals surface area (Å²) in [5.41, 5.74) is 2.49. The minimum absolute atomic E-state index is 0.176. The Bertz CT molecular complexity index is 700. The van der Waals surface area contributed by atoms with Crippen molar-refractivity contribution in [1.29, 1.82) is 0 Å². The minimum atomic E-state index is 0.176. The monoisotopic (exact) mass is 404 g/mol. The first-order valence-electron chi connectivity index (χ1n) is 8.65. The van der Waals surface area contributed by atoms with E-state index in [4.69, 9.17) is 9.47 Å². The Morgan fingerprint density at radius 1 is 1.00 bits per heavy atom. The number of ether oxygens (including phenoxy) is 2. The van der Waals surface area contributed by atoms with Gasteiger partial charge in [0.15, 0.2) is 11.5 Å². The second-order valence-corrected chi connectivity index (χ2v) is 7.03. The highest BCUT2D eigenvalue weighted by Gasteiger charge is 2.25. The summed E-state index contributed by atoms with van der Waals surface area (Å²) in [6, 6.07) is 14.9. The van der Waals surface area contributed by atoms with Crippen molar-refractivity contribution in [2.75, 3.05) is 40.4 Å². The molecule has 1 heterocycles. The van der Waals surface area contributed by atoms with Crippen LogP contribution in [0.4, 0.5) is 0 Å². The predicted molar refractivity (Wildman–Crippen MR) is 105 cm³/mol. The van der Waals surface area contributed by atoms with E-state index in [0.717, 1.165) is 48.6 Å². The van der Waals surface area contributed by atoms with Crippen molar-refractivity contribution in [3.8, 4) is 11.5 Å². The second-order valence-electron chi connectivity index (χ2n) is 6.18. The third kappa shape index (κ3) is 4.17. The maximum Gasteiger partial charge on any atom is 0.161 e. The number of nitrogens with zero attached hydrogens (tertiary/aromatic N) is 1. The summed E-state index contributed by atoms with van der Waals surface area (Å²) < 4.78 is 12.1. The van der Waals surface area contributed by atoms with Gasteiger partial charge in [-0.1, -0.05) is 40.2 Å². The highest BCUT2D eigenvalue weighted by molar-refractivity contribution is 9.10. The molecule has 1 N–H and O–H groups in total. The summed E-state index contributed by atoms with van der Waals surface area (Å²) >= 11 is 3.75. The van der Waals surface area contributed by atoms with Crippen molar-refractivity contribution in [1.82, 2.24) is 10.2 Å². The Hall–Kier alpha value is -1.56. The molecule has 3 rings (SSSR count). The summed E-state index contributed by atoms with van der Waals surface area (Å²) in [7, 11) is 3.36. The van der Waals surface area contributed by atoms with Gasteiger partial charge in [0.05, 0.1) is 20.3 Å². The van der Waals surface area contributed by atoms with Crippen molar-refractivity contribution in [3.63, 3.8) is 0 Å². The van der Waals surface area contributed by atoms with Gasteiger partial charge in [-0.2, -0.15) is 0 Å². The van der Waals surface area contributed by atoms with Crippen molar-refractivity contribution in [3.05, 3.63) is 58.1 Å². The topological polar surface area (TPSA) is 33.7 Å². The number of hydrogen-bond acceptors (Lipinski definition) is 4. The molecule has 1 unspecified atom stereocenters. The molecule has 0 bridgehead atoms. The minimum Gasteiger partial charge on any atom is -0.493 e. The van der Waals surface area contributed by atoms with E-state index in [1.807, 2.05) is 6.07 Å². The van der Waals surface area contributed by atoms with Crippen LogP contribution in [0.15, 0.2) is 46.9 Å². The molecule has 0 saturated carbocycles. The van der Waals surface area contributed by atoms with Crippen molar-refractivity contribution < 1.29 is 9.47 Å². The predicted octanol–water partition coefficient (Wildman–Crippen LogP) is 3.85. The normalized spacial score (nSPS) is 16.9. The molecule has 134 valence electrons. The highest BCUT2D eigenvalue weighted by atomic mass is 79.9. The van der Waals surface area contributed by atoms with Crippen molar-refractivity contribution >= 4 is 15.9 Å². The van der Waals surface area contributed by atoms with Gasteiger partial charge in [-0.3, -0.25) is 4.90 Å². The lowest BCUT2D eigenvalue weighted by molar-refractivity contribution is 0.239. The molecule has 0 spiro atoms. The number of hydrogen-bond donors (Lipinski definition) is 1. The first-order chi connectivity index (χ1) is 12.2. The Labute approximate surface area is 158 Å². The third-order valence-electron chi connectivity index (χ3n) is 4.66. The van der Waals surface area contributed by atoms with Gasteiger partial charge in [0.25, 0.3) is 0 Å². The molecule has 1 aliphatic heterocycles. The lowest BCUT2D eigenvalue weighted by Gasteiger charge is -2.32. The quantitative estimate of drug-likeness (QED) is 0.820. The Morgan fingerprint density at radius 3 is 2.56 bits per heavy atom. The van der Waals surface area contributed by atoms with Gasteiger partial charge in [0.1, 0.15) is 0 Å². The lowest BCUT2D eigenvalue weighted by atomic mass is 9.96. The Kier molecular flexibility index (Phi) is 6.34. The SMILES string of the molecule is COc1ccc(C(c2ccccc2Br)N2CCCNCC2)cc1OC. The fourth-order valence-electron chi connectivity index (χ4n) is 3.43. The molecule has 25 heavy (non-hydrogen) atoms. The van der Waals surface area contributed by atoms with Crippen molar-refractivity contribution in [2.45, 2.75) is 12.5 Å². The smallest absolute Gasteiger partial charge is 0.161 e. The molecule has 0 aliphatic carbocycles. The van der Waals surface area contributed by atoms with E-state index in [1.165, 1.54) is 11.1 Å². The molecule has 2 aromatic rings. The van der Waals surface area contributed by atoms with Crippen LogP contribution < -0.4 is 14.8 Å². The van der Waals surface area contributed by atoms with Crippen LogP contribution in [0.5, 0.6) is 11.5 Å². The van der Waals surface area contributed by atoms with E-state index in [-0.39, 0.29) is 6.04 Å². The number of methoxy groups -OCH3 is 2. The van der Waals surface area contributed by atoms with Gasteiger partial charge >= 0.3 is 0 Å². The maximum atomic E-state index is 5.54. The fraction of sp³-hybridized carbons (Fsp3) is 0.400. The van der Waals surface area contributed by atoms with Crippen LogP contribution >= 0.6 is 15.9 Å². The van der Waals surface area contributed by atoms with Crippen LogP contribution in [-0.4, -0.2) is 45.3 Å². The number of benzene rings is 2. The highest BCUT2D eigenvalue weighted by Crippen LogP contribution is 2.37. The summed E-state index contributed by atoms with van der Waals surface area (Å²) in [6.07, 6.45) is 1.15. The van der Waals surface area contributed by atoms with Crippen LogP contribution in [-0.2, 0) is 0 Å². The Balaban J connectivity index is 2.06. The van der Waals surface area contributed by atoms with Gasteiger partial charge in [0.2, 0.25) is 0 Å². The van der Waals surface area contributed by atoms with Crippen LogP contribution in [0.25, 0.3) is 0 Å². The number of nitrogens with one attached hydrogen (secondary N) is 1. The molecule has 1 fully saturated rings. The largest absolute Gasteiger partial charge is 0.493 e. The summed E-state index contributed by atoms with van der Waals surface area (Å²) in [5, 5.41) is 3.49. The fourth-order valence-corrected chi connectivity index (χ4v) is 3.93. The second kappa shape index (κ2) is 8.70. The molecular formula is C20H25BrN2O2. The van der Waals surface area contributed by atoms with E-state index in [9.17, 15) is 0 Å². The lowest BCUT2D eigenvalue weighted by Crippen LogP contribution is -2.33.